The molecule has 0 bridgehead atoms. The summed E-state index contributed by atoms with van der Waals surface area (Å²) in [6, 6.07) is 6.30. The predicted molar refractivity (Wildman–Crippen MR) is 106 cm³/mol. The molecule has 1 aliphatic rings. The Hall–Kier alpha value is -3.45. The maximum Gasteiger partial charge on any atom is 0.283 e. The Morgan fingerprint density at radius 3 is 2.71 bits per heavy atom. The van der Waals surface area contributed by atoms with E-state index in [0.717, 1.165) is 6.07 Å². The summed E-state index contributed by atoms with van der Waals surface area (Å²) in [5.41, 5.74) is 4.78. The maximum absolute atomic E-state index is 14.8. The number of aliphatic imine (C=N–C) groups is 1. The van der Waals surface area contributed by atoms with E-state index in [9.17, 15) is 18.0 Å². The van der Waals surface area contributed by atoms with Gasteiger partial charge in [-0.3, -0.25) is 9.78 Å². The lowest BCUT2D eigenvalue weighted by Gasteiger charge is -2.41. The minimum absolute atomic E-state index is 0.0575. The fraction of sp³-hybridized carbons (Fsp3) is 0.333. The summed E-state index contributed by atoms with van der Waals surface area (Å²) in [7, 11) is 1.20. The second-order valence-corrected chi connectivity index (χ2v) is 7.10. The van der Waals surface area contributed by atoms with Crippen molar-refractivity contribution < 1.29 is 27.4 Å². The van der Waals surface area contributed by atoms with Crippen molar-refractivity contribution in [2.45, 2.75) is 37.5 Å². The molecule has 1 aromatic heterocycles. The number of benzene rings is 1. The number of Topliss-reactive ketones (excluding diaryl/α,β-unsaturated/α-hetero) is 1. The monoisotopic (exact) mass is 432 g/mol. The minimum Gasteiger partial charge on any atom is -0.453 e. The number of hydrogen-bond donors (Lipinski definition) is 1. The maximum atomic E-state index is 14.8. The van der Waals surface area contributed by atoms with E-state index in [1.165, 1.54) is 44.5 Å². The molecule has 0 fully saturated rings. The first kappa shape index (κ1) is 22.2. The van der Waals surface area contributed by atoms with E-state index >= 15 is 0 Å². The van der Waals surface area contributed by atoms with Gasteiger partial charge in [0.05, 0.1) is 6.57 Å². The SMILES string of the molecule is [C-]#[N+]c1ccc(C(=O)Cc2ccc(F)c([C@@]3(C)N=C(N)O[C@H](C(F)F)[C@@H]3OC)c2)nc1. The van der Waals surface area contributed by atoms with E-state index < -0.39 is 36.0 Å². The van der Waals surface area contributed by atoms with Gasteiger partial charge in [-0.15, -0.1) is 0 Å². The fourth-order valence-corrected chi connectivity index (χ4v) is 3.56. The first-order valence-corrected chi connectivity index (χ1v) is 9.18. The highest BCUT2D eigenvalue weighted by Crippen LogP contribution is 2.39. The summed E-state index contributed by atoms with van der Waals surface area (Å²) in [5, 5.41) is 0. The summed E-state index contributed by atoms with van der Waals surface area (Å²) >= 11 is 0. The van der Waals surface area contributed by atoms with Crippen molar-refractivity contribution in [2.24, 2.45) is 10.7 Å². The van der Waals surface area contributed by atoms with Crippen LogP contribution in [0.1, 0.15) is 28.5 Å². The summed E-state index contributed by atoms with van der Waals surface area (Å²) in [4.78, 5) is 23.8. The van der Waals surface area contributed by atoms with Gasteiger partial charge in [0.2, 0.25) is 5.69 Å². The second-order valence-electron chi connectivity index (χ2n) is 7.10. The zero-order chi connectivity index (χ0) is 22.8. The molecule has 0 unspecified atom stereocenters. The molecule has 0 saturated heterocycles. The van der Waals surface area contributed by atoms with Gasteiger partial charge >= 0.3 is 0 Å². The molecular weight excluding hydrogens is 413 g/mol. The molecule has 0 saturated carbocycles. The van der Waals surface area contributed by atoms with Crippen molar-refractivity contribution in [1.82, 2.24) is 4.98 Å². The number of aromatic nitrogens is 1. The van der Waals surface area contributed by atoms with Crippen molar-refractivity contribution in [2.75, 3.05) is 7.11 Å². The van der Waals surface area contributed by atoms with E-state index in [4.69, 9.17) is 21.8 Å². The lowest BCUT2D eigenvalue weighted by Crippen LogP contribution is -2.55. The lowest BCUT2D eigenvalue weighted by molar-refractivity contribution is -0.121. The van der Waals surface area contributed by atoms with E-state index in [1.54, 1.807) is 0 Å². The topological polar surface area (TPSA) is 91.2 Å². The van der Waals surface area contributed by atoms with Gasteiger partial charge < -0.3 is 15.2 Å². The third-order valence-electron chi connectivity index (χ3n) is 5.06. The first-order valence-electron chi connectivity index (χ1n) is 9.18. The second kappa shape index (κ2) is 8.73. The zero-order valence-corrected chi connectivity index (χ0v) is 16.7. The summed E-state index contributed by atoms with van der Waals surface area (Å²) in [6.07, 6.45) is -4.87. The molecule has 7 nitrogen and oxygen atoms in total. The van der Waals surface area contributed by atoms with Gasteiger partial charge in [0, 0.05) is 25.3 Å². The van der Waals surface area contributed by atoms with Crippen molar-refractivity contribution in [3.05, 3.63) is 70.6 Å². The van der Waals surface area contributed by atoms with E-state index in [0.29, 0.717) is 11.3 Å². The van der Waals surface area contributed by atoms with E-state index in [1.807, 2.05) is 0 Å². The molecule has 162 valence electrons. The van der Waals surface area contributed by atoms with Gasteiger partial charge in [-0.2, -0.15) is 0 Å². The standard InChI is InChI=1S/C21H19F3N4O3/c1-21(18(30-3)17(19(23)24)31-20(25)28-21)13-8-11(4-6-14(13)22)9-16(29)15-7-5-12(26-2)10-27-15/h4-8,10,17-19H,9H2,1,3H3,(H2,25,28)/t17-,18-,21+/m0/s1. The highest BCUT2D eigenvalue weighted by atomic mass is 19.3. The molecule has 1 aliphatic heterocycles. The van der Waals surface area contributed by atoms with Crippen LogP contribution in [0.5, 0.6) is 0 Å². The smallest absolute Gasteiger partial charge is 0.283 e. The largest absolute Gasteiger partial charge is 0.453 e. The number of halogens is 3. The van der Waals surface area contributed by atoms with Crippen LogP contribution in [0.25, 0.3) is 4.85 Å². The molecule has 2 aromatic rings. The third kappa shape index (κ3) is 4.36. The Balaban J connectivity index is 1.96. The number of hydrogen-bond acceptors (Lipinski definition) is 6. The Kier molecular flexibility index (Phi) is 6.27. The highest BCUT2D eigenvalue weighted by molar-refractivity contribution is 5.96. The van der Waals surface area contributed by atoms with Crippen LogP contribution in [0.2, 0.25) is 0 Å². The quantitative estimate of drug-likeness (QED) is 0.558. The summed E-state index contributed by atoms with van der Waals surface area (Å²) < 4.78 is 51.9. The van der Waals surface area contributed by atoms with Crippen molar-refractivity contribution in [3.63, 3.8) is 0 Å². The fourth-order valence-electron chi connectivity index (χ4n) is 3.56. The molecule has 2 heterocycles. The molecule has 0 amide bonds. The number of carbonyl (C=O) groups is 1. The molecule has 0 aliphatic carbocycles. The number of nitrogens with zero attached hydrogens (tertiary/aromatic N) is 3. The van der Waals surface area contributed by atoms with Crippen LogP contribution in [-0.4, -0.2) is 42.5 Å². The number of carbonyl (C=O) groups excluding carboxylic acids is 1. The number of amidine groups is 1. The molecule has 31 heavy (non-hydrogen) atoms. The van der Waals surface area contributed by atoms with Crippen molar-refractivity contribution in [1.29, 1.82) is 0 Å². The summed E-state index contributed by atoms with van der Waals surface area (Å²) in [6.45, 7) is 8.34. The lowest BCUT2D eigenvalue weighted by atomic mass is 9.82. The number of pyridine rings is 1. The minimum atomic E-state index is -2.95. The average molecular weight is 432 g/mol. The van der Waals surface area contributed by atoms with Crippen LogP contribution < -0.4 is 5.73 Å². The number of ether oxygens (including phenoxy) is 2. The van der Waals surface area contributed by atoms with Gasteiger partial charge in [-0.1, -0.05) is 12.1 Å². The molecule has 2 N–H and O–H groups in total. The Labute approximate surface area is 176 Å². The highest BCUT2D eigenvalue weighted by Gasteiger charge is 2.51. The van der Waals surface area contributed by atoms with Crippen LogP contribution in [0, 0.1) is 12.4 Å². The Morgan fingerprint density at radius 2 is 2.13 bits per heavy atom. The van der Waals surface area contributed by atoms with E-state index in [2.05, 4.69) is 14.8 Å². The van der Waals surface area contributed by atoms with Gasteiger partial charge in [-0.05, 0) is 30.7 Å². The third-order valence-corrected chi connectivity index (χ3v) is 5.06. The van der Waals surface area contributed by atoms with E-state index in [-0.39, 0.29) is 23.5 Å². The average Bonchev–Trinajstić information content (AvgIpc) is 2.74. The van der Waals surface area contributed by atoms with Gasteiger partial charge in [0.1, 0.15) is 23.2 Å². The molecule has 0 spiro atoms. The van der Waals surface area contributed by atoms with Crippen LogP contribution in [0.15, 0.2) is 41.5 Å². The van der Waals surface area contributed by atoms with Gasteiger partial charge in [0.25, 0.3) is 12.4 Å². The molecule has 3 rings (SSSR count). The zero-order valence-electron chi connectivity index (χ0n) is 16.7. The normalized spacial score (nSPS) is 23.1. The first-order chi connectivity index (χ1) is 14.7. The number of nitrogens with two attached hydrogens (primary N) is 1. The number of ketones is 1. The van der Waals surface area contributed by atoms with Crippen molar-refractivity contribution in [3.8, 4) is 0 Å². The molecule has 3 atom stereocenters. The molecule has 1 aromatic carbocycles. The molecule has 0 radical (unpaired) electrons. The van der Waals surface area contributed by atoms with Crippen LogP contribution in [0.4, 0.5) is 18.9 Å². The number of alkyl halides is 2. The van der Waals surface area contributed by atoms with Crippen LogP contribution >= 0.6 is 0 Å². The number of methoxy groups -OCH3 is 1. The van der Waals surface area contributed by atoms with Crippen LogP contribution in [-0.2, 0) is 21.4 Å². The molecular formula is C21H19F3N4O3. The van der Waals surface area contributed by atoms with Crippen LogP contribution in [0.3, 0.4) is 0 Å². The predicted octanol–water partition coefficient (Wildman–Crippen LogP) is 3.41. The Morgan fingerprint density at radius 1 is 1.39 bits per heavy atom. The molecule has 10 heteroatoms. The number of rotatable bonds is 6. The summed E-state index contributed by atoms with van der Waals surface area (Å²) in [5.74, 6) is -1.07. The van der Waals surface area contributed by atoms with Crippen molar-refractivity contribution >= 4 is 17.5 Å². The van der Waals surface area contributed by atoms with Gasteiger partial charge in [-0.25, -0.2) is 23.0 Å². The Bertz CT molecular complexity index is 1050. The van der Waals surface area contributed by atoms with Gasteiger partial charge in [0.15, 0.2) is 11.9 Å².